The number of likely N-dealkylation sites (tertiary alicyclic amines) is 1. The number of rotatable bonds is 7. The quantitative estimate of drug-likeness (QED) is 0.658. The van der Waals surface area contributed by atoms with Crippen LogP contribution in [0.2, 0.25) is 5.02 Å². The van der Waals surface area contributed by atoms with Gasteiger partial charge in [0.05, 0.1) is 0 Å². The molecule has 4 nitrogen and oxygen atoms in total. The lowest BCUT2D eigenvalue weighted by Gasteiger charge is -2.32. The van der Waals surface area contributed by atoms with Crippen molar-refractivity contribution in [3.05, 3.63) is 70.8 Å². The van der Waals surface area contributed by atoms with Gasteiger partial charge in [-0.1, -0.05) is 35.9 Å². The third-order valence-corrected chi connectivity index (χ3v) is 5.04. The smallest absolute Gasteiger partial charge is 0.387 e. The minimum atomic E-state index is -2.85. The largest absolute Gasteiger partial charge is 0.435 e. The van der Waals surface area contributed by atoms with E-state index in [1.807, 2.05) is 24.3 Å². The van der Waals surface area contributed by atoms with Crippen LogP contribution in [-0.2, 0) is 11.3 Å². The second kappa shape index (κ2) is 10.4. The lowest BCUT2D eigenvalue weighted by atomic mass is 10.0. The van der Waals surface area contributed by atoms with Crippen LogP contribution in [0.15, 0.2) is 54.6 Å². The summed E-state index contributed by atoms with van der Waals surface area (Å²) in [5.74, 6) is -0.0685. The molecule has 0 unspecified atom stereocenters. The second-order valence-corrected chi connectivity index (χ2v) is 7.40. The minimum Gasteiger partial charge on any atom is -0.435 e. The van der Waals surface area contributed by atoms with E-state index in [-0.39, 0.29) is 17.7 Å². The van der Waals surface area contributed by atoms with Gasteiger partial charge in [0.1, 0.15) is 5.75 Å². The van der Waals surface area contributed by atoms with Crippen molar-refractivity contribution in [3.8, 4) is 5.75 Å². The molecule has 0 aliphatic carbocycles. The van der Waals surface area contributed by atoms with Crippen LogP contribution in [0.3, 0.4) is 0 Å². The van der Waals surface area contributed by atoms with Crippen LogP contribution < -0.4 is 10.1 Å². The Bertz CT molecular complexity index is 818. The SMILES string of the molecule is O=C(/C=C/c1ccc(OC(F)F)cc1)NC1CCN(Cc2ccc(Cl)cc2)CC1. The van der Waals surface area contributed by atoms with Gasteiger partial charge in [0.2, 0.25) is 5.91 Å². The molecule has 0 bridgehead atoms. The zero-order valence-electron chi connectivity index (χ0n) is 15.9. The summed E-state index contributed by atoms with van der Waals surface area (Å²) in [5.41, 5.74) is 1.96. The van der Waals surface area contributed by atoms with E-state index in [0.717, 1.165) is 43.1 Å². The van der Waals surface area contributed by atoms with Crippen molar-refractivity contribution in [3.63, 3.8) is 0 Å². The fourth-order valence-electron chi connectivity index (χ4n) is 3.27. The van der Waals surface area contributed by atoms with Crippen LogP contribution in [0, 0.1) is 0 Å². The molecule has 1 aliphatic heterocycles. The van der Waals surface area contributed by atoms with E-state index in [0.29, 0.717) is 0 Å². The number of carbonyl (C=O) groups is 1. The number of halogens is 3. The summed E-state index contributed by atoms with van der Waals surface area (Å²) in [5, 5.41) is 3.76. The average molecular weight is 421 g/mol. The number of hydrogen-bond acceptors (Lipinski definition) is 3. The van der Waals surface area contributed by atoms with E-state index < -0.39 is 6.61 Å². The highest BCUT2D eigenvalue weighted by atomic mass is 35.5. The molecule has 0 saturated carbocycles. The van der Waals surface area contributed by atoms with Crippen molar-refractivity contribution in [1.82, 2.24) is 10.2 Å². The summed E-state index contributed by atoms with van der Waals surface area (Å²) in [6.07, 6.45) is 4.90. The highest BCUT2D eigenvalue weighted by molar-refractivity contribution is 6.30. The number of ether oxygens (including phenoxy) is 1. The van der Waals surface area contributed by atoms with Gasteiger partial charge >= 0.3 is 6.61 Å². The van der Waals surface area contributed by atoms with Crippen LogP contribution >= 0.6 is 11.6 Å². The highest BCUT2D eigenvalue weighted by Crippen LogP contribution is 2.17. The first kappa shape index (κ1) is 21.3. The molecule has 2 aromatic rings. The van der Waals surface area contributed by atoms with Crippen molar-refractivity contribution in [2.24, 2.45) is 0 Å². The van der Waals surface area contributed by atoms with Gasteiger partial charge in [-0.3, -0.25) is 9.69 Å². The molecular weight excluding hydrogens is 398 g/mol. The average Bonchev–Trinajstić information content (AvgIpc) is 2.70. The second-order valence-electron chi connectivity index (χ2n) is 6.97. The van der Waals surface area contributed by atoms with E-state index in [9.17, 15) is 13.6 Å². The Kier molecular flexibility index (Phi) is 7.61. The Hall–Kier alpha value is -2.44. The molecule has 1 heterocycles. The Balaban J connectivity index is 1.41. The lowest BCUT2D eigenvalue weighted by molar-refractivity contribution is -0.117. The topological polar surface area (TPSA) is 41.6 Å². The summed E-state index contributed by atoms with van der Waals surface area (Å²) >= 11 is 5.92. The van der Waals surface area contributed by atoms with Gasteiger partial charge in [-0.25, -0.2) is 0 Å². The Labute approximate surface area is 174 Å². The summed E-state index contributed by atoms with van der Waals surface area (Å²) in [7, 11) is 0. The number of piperidine rings is 1. The van der Waals surface area contributed by atoms with Crippen molar-refractivity contribution in [2.45, 2.75) is 32.0 Å². The van der Waals surface area contributed by atoms with Gasteiger partial charge in [0.15, 0.2) is 0 Å². The van der Waals surface area contributed by atoms with Crippen LogP contribution in [0.5, 0.6) is 5.75 Å². The summed E-state index contributed by atoms with van der Waals surface area (Å²) in [4.78, 5) is 14.5. The number of benzene rings is 2. The van der Waals surface area contributed by atoms with Crippen LogP contribution in [0.25, 0.3) is 6.08 Å². The first-order chi connectivity index (χ1) is 14.0. The molecular formula is C22H23ClF2N2O2. The fraction of sp³-hybridized carbons (Fsp3) is 0.318. The number of nitrogens with zero attached hydrogens (tertiary/aromatic N) is 1. The molecule has 154 valence electrons. The number of nitrogens with one attached hydrogen (secondary N) is 1. The molecule has 1 fully saturated rings. The van der Waals surface area contributed by atoms with Gasteiger partial charge in [-0.15, -0.1) is 0 Å². The molecule has 1 saturated heterocycles. The first-order valence-corrected chi connectivity index (χ1v) is 9.86. The Morgan fingerprint density at radius 2 is 1.79 bits per heavy atom. The summed E-state index contributed by atoms with van der Waals surface area (Å²) < 4.78 is 28.6. The zero-order chi connectivity index (χ0) is 20.6. The van der Waals surface area contributed by atoms with Crippen LogP contribution in [0.1, 0.15) is 24.0 Å². The van der Waals surface area contributed by atoms with Gasteiger partial charge < -0.3 is 10.1 Å². The summed E-state index contributed by atoms with van der Waals surface area (Å²) in [6.45, 7) is -0.130. The monoisotopic (exact) mass is 420 g/mol. The number of carbonyl (C=O) groups excluding carboxylic acids is 1. The van der Waals surface area contributed by atoms with E-state index in [1.54, 1.807) is 18.2 Å². The molecule has 0 spiro atoms. The van der Waals surface area contributed by atoms with Crippen molar-refractivity contribution >= 4 is 23.6 Å². The van der Waals surface area contributed by atoms with Gasteiger partial charge in [0, 0.05) is 36.8 Å². The molecule has 7 heteroatoms. The minimum absolute atomic E-state index is 0.0898. The number of hydrogen-bond donors (Lipinski definition) is 1. The highest BCUT2D eigenvalue weighted by Gasteiger charge is 2.20. The molecule has 0 atom stereocenters. The van der Waals surface area contributed by atoms with E-state index in [2.05, 4.69) is 15.0 Å². The summed E-state index contributed by atoms with van der Waals surface area (Å²) in [6, 6.07) is 14.1. The maximum absolute atomic E-state index is 12.2. The van der Waals surface area contributed by atoms with Crippen LogP contribution in [-0.4, -0.2) is 36.5 Å². The molecule has 29 heavy (non-hydrogen) atoms. The molecule has 1 amide bonds. The predicted octanol–water partition coefficient (Wildman–Crippen LogP) is 4.74. The van der Waals surface area contributed by atoms with Gasteiger partial charge in [-0.2, -0.15) is 8.78 Å². The standard InChI is InChI=1S/C22H23ClF2N2O2/c23-18-6-1-17(2-7-18)15-27-13-11-19(12-14-27)26-21(28)10-5-16-3-8-20(9-4-16)29-22(24)25/h1-10,19,22H,11-15H2,(H,26,28)/b10-5+. The lowest BCUT2D eigenvalue weighted by Crippen LogP contribution is -2.43. The fourth-order valence-corrected chi connectivity index (χ4v) is 3.39. The van der Waals surface area contributed by atoms with Crippen molar-refractivity contribution in [2.75, 3.05) is 13.1 Å². The van der Waals surface area contributed by atoms with E-state index in [4.69, 9.17) is 11.6 Å². The number of alkyl halides is 2. The van der Waals surface area contributed by atoms with E-state index >= 15 is 0 Å². The number of amides is 1. The van der Waals surface area contributed by atoms with E-state index in [1.165, 1.54) is 23.8 Å². The first-order valence-electron chi connectivity index (χ1n) is 9.48. The molecule has 3 rings (SSSR count). The van der Waals surface area contributed by atoms with Crippen molar-refractivity contribution < 1.29 is 18.3 Å². The third kappa shape index (κ3) is 7.15. The molecule has 0 radical (unpaired) electrons. The third-order valence-electron chi connectivity index (χ3n) is 4.79. The molecule has 1 aliphatic rings. The molecule has 0 aromatic heterocycles. The molecule has 2 aromatic carbocycles. The van der Waals surface area contributed by atoms with Gasteiger partial charge in [0.25, 0.3) is 0 Å². The Morgan fingerprint density at radius 3 is 2.41 bits per heavy atom. The maximum atomic E-state index is 12.2. The van der Waals surface area contributed by atoms with Gasteiger partial charge in [-0.05, 0) is 54.3 Å². The maximum Gasteiger partial charge on any atom is 0.387 e. The Morgan fingerprint density at radius 1 is 1.14 bits per heavy atom. The zero-order valence-corrected chi connectivity index (χ0v) is 16.6. The van der Waals surface area contributed by atoms with Crippen molar-refractivity contribution in [1.29, 1.82) is 0 Å². The van der Waals surface area contributed by atoms with Crippen LogP contribution in [0.4, 0.5) is 8.78 Å². The molecule has 1 N–H and O–H groups in total. The normalized spacial score (nSPS) is 15.7. The predicted molar refractivity (Wildman–Crippen MR) is 110 cm³/mol.